The summed E-state index contributed by atoms with van der Waals surface area (Å²) in [5.74, 6) is -0.368. The minimum absolute atomic E-state index is 0.106. The molecule has 7 heteroatoms. The molecule has 148 valence electrons. The van der Waals surface area contributed by atoms with Gasteiger partial charge in [-0.05, 0) is 49.6 Å². The Labute approximate surface area is 173 Å². The summed E-state index contributed by atoms with van der Waals surface area (Å²) in [5, 5.41) is 6.62. The minimum atomic E-state index is -0.261. The minimum Gasteiger partial charge on any atom is -0.349 e. The summed E-state index contributed by atoms with van der Waals surface area (Å²) in [6, 6.07) is 15.5. The molecule has 1 aromatic heterocycles. The number of rotatable bonds is 6. The Bertz CT molecular complexity index is 1060. The van der Waals surface area contributed by atoms with E-state index < -0.39 is 0 Å². The van der Waals surface area contributed by atoms with Crippen LogP contribution in [0.25, 0.3) is 0 Å². The molecule has 2 N–H and O–H groups in total. The van der Waals surface area contributed by atoms with Crippen LogP contribution in [0.2, 0.25) is 0 Å². The van der Waals surface area contributed by atoms with Gasteiger partial charge >= 0.3 is 0 Å². The van der Waals surface area contributed by atoms with E-state index in [1.165, 1.54) is 11.8 Å². The Kier molecular flexibility index (Phi) is 5.40. The van der Waals surface area contributed by atoms with Crippen molar-refractivity contribution in [2.24, 2.45) is 7.05 Å². The highest BCUT2D eigenvalue weighted by molar-refractivity contribution is 7.99. The van der Waals surface area contributed by atoms with Crippen LogP contribution in [0.4, 0.5) is 5.69 Å². The zero-order valence-electron chi connectivity index (χ0n) is 16.3. The molecular formula is C22H22N4O2S. The molecule has 6 nitrogen and oxygen atoms in total. The summed E-state index contributed by atoms with van der Waals surface area (Å²) in [7, 11) is 1.82. The summed E-state index contributed by atoms with van der Waals surface area (Å²) in [5.41, 5.74) is 2.51. The number of aryl methyl sites for hydroxylation is 1. The predicted molar refractivity (Wildman–Crippen MR) is 113 cm³/mol. The summed E-state index contributed by atoms with van der Waals surface area (Å²) >= 11 is 1.50. The van der Waals surface area contributed by atoms with Gasteiger partial charge in [-0.2, -0.15) is 0 Å². The Hall–Kier alpha value is -3.06. The number of hydrogen-bond acceptors (Lipinski definition) is 4. The zero-order valence-corrected chi connectivity index (χ0v) is 17.1. The third-order valence-electron chi connectivity index (χ3n) is 4.79. The third kappa shape index (κ3) is 4.51. The first-order valence-electron chi connectivity index (χ1n) is 9.49. The van der Waals surface area contributed by atoms with Crippen molar-refractivity contribution in [3.63, 3.8) is 0 Å². The number of nitrogens with zero attached hydrogens (tertiary/aromatic N) is 2. The molecule has 0 unspecified atom stereocenters. The molecule has 1 saturated carbocycles. The van der Waals surface area contributed by atoms with E-state index in [1.807, 2.05) is 50.4 Å². The van der Waals surface area contributed by atoms with E-state index in [9.17, 15) is 9.59 Å². The first kappa shape index (κ1) is 19.3. The van der Waals surface area contributed by atoms with Gasteiger partial charge in [0.2, 0.25) is 0 Å². The van der Waals surface area contributed by atoms with Gasteiger partial charge in [0, 0.05) is 29.2 Å². The molecule has 0 saturated heterocycles. The second-order valence-electron chi connectivity index (χ2n) is 7.13. The molecule has 2 amide bonds. The van der Waals surface area contributed by atoms with Gasteiger partial charge < -0.3 is 15.2 Å². The summed E-state index contributed by atoms with van der Waals surface area (Å²) in [6.07, 6.45) is 3.63. The van der Waals surface area contributed by atoms with Crippen molar-refractivity contribution in [3.05, 3.63) is 71.5 Å². The SMILES string of the molecule is Cc1ccc(C(=O)NC2CC2)cc1NC(=O)c1cnc(Sc2ccccc2)n1C. The molecule has 1 aliphatic rings. The first-order chi connectivity index (χ1) is 14.0. The number of carbonyl (C=O) groups is 2. The van der Waals surface area contributed by atoms with Crippen molar-refractivity contribution in [2.45, 2.75) is 35.9 Å². The third-order valence-corrected chi connectivity index (χ3v) is 5.86. The Morgan fingerprint density at radius 3 is 2.59 bits per heavy atom. The maximum Gasteiger partial charge on any atom is 0.273 e. The van der Waals surface area contributed by atoms with Crippen LogP contribution in [0.1, 0.15) is 39.3 Å². The van der Waals surface area contributed by atoms with Crippen LogP contribution in [0.15, 0.2) is 64.8 Å². The van der Waals surface area contributed by atoms with E-state index in [0.717, 1.165) is 28.5 Å². The highest BCUT2D eigenvalue weighted by atomic mass is 32.2. The van der Waals surface area contributed by atoms with Crippen LogP contribution >= 0.6 is 11.8 Å². The van der Waals surface area contributed by atoms with E-state index in [4.69, 9.17) is 0 Å². The van der Waals surface area contributed by atoms with Gasteiger partial charge in [-0.1, -0.05) is 36.0 Å². The predicted octanol–water partition coefficient (Wildman–Crippen LogP) is 4.02. The van der Waals surface area contributed by atoms with Gasteiger partial charge in [0.05, 0.1) is 6.20 Å². The first-order valence-corrected chi connectivity index (χ1v) is 10.3. The maximum absolute atomic E-state index is 12.8. The molecule has 29 heavy (non-hydrogen) atoms. The van der Waals surface area contributed by atoms with Crippen LogP contribution in [-0.2, 0) is 7.05 Å². The number of imidazole rings is 1. The highest BCUT2D eigenvalue weighted by Crippen LogP contribution is 2.27. The van der Waals surface area contributed by atoms with Gasteiger partial charge in [0.1, 0.15) is 5.69 Å². The van der Waals surface area contributed by atoms with Crippen LogP contribution in [0.3, 0.4) is 0 Å². The smallest absolute Gasteiger partial charge is 0.273 e. The number of anilines is 1. The molecular weight excluding hydrogens is 384 g/mol. The lowest BCUT2D eigenvalue weighted by molar-refractivity contribution is 0.0949. The van der Waals surface area contributed by atoms with Gasteiger partial charge in [-0.15, -0.1) is 0 Å². The van der Waals surface area contributed by atoms with Gasteiger partial charge in [0.15, 0.2) is 5.16 Å². The van der Waals surface area contributed by atoms with Gasteiger partial charge in [-0.25, -0.2) is 4.98 Å². The maximum atomic E-state index is 12.8. The van der Waals surface area contributed by atoms with E-state index >= 15 is 0 Å². The van der Waals surface area contributed by atoms with E-state index in [0.29, 0.717) is 16.9 Å². The van der Waals surface area contributed by atoms with Crippen molar-refractivity contribution in [1.29, 1.82) is 0 Å². The lowest BCUT2D eigenvalue weighted by atomic mass is 10.1. The van der Waals surface area contributed by atoms with Gasteiger partial charge in [-0.3, -0.25) is 9.59 Å². The fourth-order valence-corrected chi connectivity index (χ4v) is 3.72. The second-order valence-corrected chi connectivity index (χ2v) is 8.17. The van der Waals surface area contributed by atoms with E-state index in [-0.39, 0.29) is 17.9 Å². The summed E-state index contributed by atoms with van der Waals surface area (Å²) < 4.78 is 1.77. The average Bonchev–Trinajstić information content (AvgIpc) is 3.46. The second kappa shape index (κ2) is 8.13. The summed E-state index contributed by atoms with van der Waals surface area (Å²) in [6.45, 7) is 1.90. The fourth-order valence-electron chi connectivity index (χ4n) is 2.87. The quantitative estimate of drug-likeness (QED) is 0.648. The highest BCUT2D eigenvalue weighted by Gasteiger charge is 2.24. The van der Waals surface area contributed by atoms with E-state index in [1.54, 1.807) is 22.9 Å². The monoisotopic (exact) mass is 406 g/mol. The number of aromatic nitrogens is 2. The average molecular weight is 407 g/mol. The molecule has 2 aromatic carbocycles. The van der Waals surface area contributed by atoms with Crippen molar-refractivity contribution >= 4 is 29.3 Å². The summed E-state index contributed by atoms with van der Waals surface area (Å²) in [4.78, 5) is 30.6. The molecule has 0 aliphatic heterocycles. The van der Waals surface area contributed by atoms with Crippen molar-refractivity contribution in [1.82, 2.24) is 14.9 Å². The molecule has 4 rings (SSSR count). The molecule has 1 heterocycles. The lowest BCUT2D eigenvalue weighted by Crippen LogP contribution is -2.25. The van der Waals surface area contributed by atoms with E-state index in [2.05, 4.69) is 15.6 Å². The van der Waals surface area contributed by atoms with Crippen LogP contribution in [0.5, 0.6) is 0 Å². The standard InChI is InChI=1S/C22H22N4O2S/c1-14-8-9-15(20(27)24-16-10-11-16)12-18(14)25-21(28)19-13-23-22(26(19)2)29-17-6-4-3-5-7-17/h3-9,12-13,16H,10-11H2,1-2H3,(H,24,27)(H,25,28). The van der Waals surface area contributed by atoms with Crippen molar-refractivity contribution < 1.29 is 9.59 Å². The lowest BCUT2D eigenvalue weighted by Gasteiger charge is -2.11. The van der Waals surface area contributed by atoms with Crippen molar-refractivity contribution in [3.8, 4) is 0 Å². The topological polar surface area (TPSA) is 76.0 Å². The normalized spacial score (nSPS) is 13.2. The molecule has 3 aromatic rings. The molecule has 0 bridgehead atoms. The Morgan fingerprint density at radius 1 is 1.10 bits per heavy atom. The molecule has 0 atom stereocenters. The molecule has 1 fully saturated rings. The Balaban J connectivity index is 1.50. The number of hydrogen-bond donors (Lipinski definition) is 2. The largest absolute Gasteiger partial charge is 0.349 e. The fraction of sp³-hybridized carbons (Fsp3) is 0.227. The van der Waals surface area contributed by atoms with Crippen molar-refractivity contribution in [2.75, 3.05) is 5.32 Å². The van der Waals surface area contributed by atoms with Crippen LogP contribution in [0, 0.1) is 6.92 Å². The number of nitrogens with one attached hydrogen (secondary N) is 2. The number of benzene rings is 2. The molecule has 0 radical (unpaired) electrons. The number of amides is 2. The van der Waals surface area contributed by atoms with Crippen LogP contribution in [-0.4, -0.2) is 27.4 Å². The molecule has 1 aliphatic carbocycles. The molecule has 0 spiro atoms. The number of carbonyl (C=O) groups excluding carboxylic acids is 2. The zero-order chi connectivity index (χ0) is 20.4. The van der Waals surface area contributed by atoms with Crippen LogP contribution < -0.4 is 10.6 Å². The van der Waals surface area contributed by atoms with Gasteiger partial charge in [0.25, 0.3) is 11.8 Å². The Morgan fingerprint density at radius 2 is 1.86 bits per heavy atom.